The van der Waals surface area contributed by atoms with Gasteiger partial charge >= 0.3 is 0 Å². The van der Waals surface area contributed by atoms with Crippen molar-refractivity contribution in [1.82, 2.24) is 4.90 Å². The largest absolute Gasteiger partial charge is 0.497 e. The third-order valence-corrected chi connectivity index (χ3v) is 4.80. The highest BCUT2D eigenvalue weighted by atomic mass is 16.5. The van der Waals surface area contributed by atoms with Crippen molar-refractivity contribution in [3.05, 3.63) is 23.8 Å². The predicted octanol–water partition coefficient (Wildman–Crippen LogP) is 3.82. The average Bonchev–Trinajstić information content (AvgIpc) is 2.87. The number of amides is 1. The van der Waals surface area contributed by atoms with Crippen LogP contribution < -0.4 is 9.47 Å². The molecule has 2 rings (SSSR count). The van der Waals surface area contributed by atoms with E-state index in [4.69, 9.17) is 9.47 Å². The zero-order valence-corrected chi connectivity index (χ0v) is 14.6. The van der Waals surface area contributed by atoms with E-state index in [1.165, 1.54) is 25.7 Å². The number of nitrogens with zero attached hydrogens (tertiary/aromatic N) is 1. The number of benzene rings is 1. The summed E-state index contributed by atoms with van der Waals surface area (Å²) < 4.78 is 10.6. The molecule has 1 amide bonds. The Balaban J connectivity index is 1.92. The molecule has 0 aliphatic heterocycles. The fourth-order valence-electron chi connectivity index (χ4n) is 3.29. The van der Waals surface area contributed by atoms with Crippen LogP contribution in [0.3, 0.4) is 0 Å². The van der Waals surface area contributed by atoms with Crippen LogP contribution in [-0.2, 0) is 11.2 Å². The molecule has 128 valence electrons. The quantitative estimate of drug-likeness (QED) is 0.748. The Morgan fingerprint density at radius 2 is 1.61 bits per heavy atom. The van der Waals surface area contributed by atoms with Gasteiger partial charge in [0, 0.05) is 25.6 Å². The SMILES string of the molecule is COc1cc(CCC(=O)N(C)C2CCCCCC2)cc(OC)c1. The molecular formula is C19H29NO3. The Labute approximate surface area is 139 Å². The van der Waals surface area contributed by atoms with E-state index < -0.39 is 0 Å². The van der Waals surface area contributed by atoms with E-state index in [9.17, 15) is 4.79 Å². The number of aryl methyl sites for hydroxylation is 1. The van der Waals surface area contributed by atoms with Gasteiger partial charge in [-0.05, 0) is 37.0 Å². The first-order chi connectivity index (χ1) is 11.1. The highest BCUT2D eigenvalue weighted by Gasteiger charge is 2.20. The maximum Gasteiger partial charge on any atom is 0.222 e. The van der Waals surface area contributed by atoms with Gasteiger partial charge in [-0.15, -0.1) is 0 Å². The van der Waals surface area contributed by atoms with E-state index in [-0.39, 0.29) is 5.91 Å². The molecular weight excluding hydrogens is 290 g/mol. The van der Waals surface area contributed by atoms with Crippen molar-refractivity contribution < 1.29 is 14.3 Å². The third kappa shape index (κ3) is 5.15. The summed E-state index contributed by atoms with van der Waals surface area (Å²) in [5, 5.41) is 0. The molecule has 0 aromatic heterocycles. The first-order valence-electron chi connectivity index (χ1n) is 8.61. The molecule has 4 nitrogen and oxygen atoms in total. The van der Waals surface area contributed by atoms with Crippen LogP contribution in [-0.4, -0.2) is 38.1 Å². The lowest BCUT2D eigenvalue weighted by atomic mass is 10.1. The van der Waals surface area contributed by atoms with Crippen LogP contribution in [0.4, 0.5) is 0 Å². The van der Waals surface area contributed by atoms with E-state index >= 15 is 0 Å². The van der Waals surface area contributed by atoms with Crippen LogP contribution in [0, 0.1) is 0 Å². The molecule has 1 aromatic carbocycles. The van der Waals surface area contributed by atoms with Crippen LogP contribution in [0.15, 0.2) is 18.2 Å². The lowest BCUT2D eigenvalue weighted by Crippen LogP contribution is -2.36. The van der Waals surface area contributed by atoms with Gasteiger partial charge in [-0.1, -0.05) is 25.7 Å². The highest BCUT2D eigenvalue weighted by molar-refractivity contribution is 5.76. The summed E-state index contributed by atoms with van der Waals surface area (Å²) in [5.41, 5.74) is 1.07. The summed E-state index contributed by atoms with van der Waals surface area (Å²) in [7, 11) is 5.25. The second kappa shape index (κ2) is 8.80. The van der Waals surface area contributed by atoms with E-state index in [0.29, 0.717) is 18.9 Å². The molecule has 0 radical (unpaired) electrons. The summed E-state index contributed by atoms with van der Waals surface area (Å²) in [6.45, 7) is 0. The Morgan fingerprint density at radius 3 is 2.13 bits per heavy atom. The maximum atomic E-state index is 12.5. The van der Waals surface area contributed by atoms with Crippen molar-refractivity contribution in [3.8, 4) is 11.5 Å². The fraction of sp³-hybridized carbons (Fsp3) is 0.632. The molecule has 1 aromatic rings. The Morgan fingerprint density at radius 1 is 1.04 bits per heavy atom. The van der Waals surface area contributed by atoms with E-state index in [1.54, 1.807) is 14.2 Å². The summed E-state index contributed by atoms with van der Waals surface area (Å²) in [6, 6.07) is 6.22. The van der Waals surface area contributed by atoms with Crippen molar-refractivity contribution >= 4 is 5.91 Å². The molecule has 0 unspecified atom stereocenters. The highest BCUT2D eigenvalue weighted by Crippen LogP contribution is 2.24. The van der Waals surface area contributed by atoms with Gasteiger partial charge in [0.1, 0.15) is 11.5 Å². The second-order valence-corrected chi connectivity index (χ2v) is 6.37. The first-order valence-corrected chi connectivity index (χ1v) is 8.61. The van der Waals surface area contributed by atoms with Crippen molar-refractivity contribution in [2.75, 3.05) is 21.3 Å². The fourth-order valence-corrected chi connectivity index (χ4v) is 3.29. The zero-order chi connectivity index (χ0) is 16.7. The van der Waals surface area contributed by atoms with Crippen molar-refractivity contribution in [2.24, 2.45) is 0 Å². The minimum absolute atomic E-state index is 0.235. The minimum atomic E-state index is 0.235. The van der Waals surface area contributed by atoms with Gasteiger partial charge in [0.15, 0.2) is 0 Å². The molecule has 0 heterocycles. The van der Waals surface area contributed by atoms with Gasteiger partial charge < -0.3 is 14.4 Å². The van der Waals surface area contributed by atoms with Crippen molar-refractivity contribution in [3.63, 3.8) is 0 Å². The van der Waals surface area contributed by atoms with Gasteiger partial charge in [0.05, 0.1) is 14.2 Å². The Hall–Kier alpha value is -1.71. The van der Waals surface area contributed by atoms with E-state index in [2.05, 4.69) is 0 Å². The number of hydrogen-bond donors (Lipinski definition) is 0. The van der Waals surface area contributed by atoms with Crippen LogP contribution in [0.1, 0.15) is 50.5 Å². The summed E-state index contributed by atoms with van der Waals surface area (Å²) in [5.74, 6) is 1.77. The number of carbonyl (C=O) groups is 1. The normalized spacial score (nSPS) is 15.8. The molecule has 0 atom stereocenters. The first kappa shape index (κ1) is 17.6. The molecule has 1 aliphatic rings. The summed E-state index contributed by atoms with van der Waals surface area (Å²) >= 11 is 0. The molecule has 1 saturated carbocycles. The van der Waals surface area contributed by atoms with E-state index in [1.807, 2.05) is 30.1 Å². The molecule has 1 fully saturated rings. The number of carbonyl (C=O) groups excluding carboxylic acids is 1. The monoisotopic (exact) mass is 319 g/mol. The summed E-state index contributed by atoms with van der Waals surface area (Å²) in [4.78, 5) is 14.5. The lowest BCUT2D eigenvalue weighted by molar-refractivity contribution is -0.132. The third-order valence-electron chi connectivity index (χ3n) is 4.80. The van der Waals surface area contributed by atoms with Gasteiger partial charge in [0.25, 0.3) is 0 Å². The van der Waals surface area contributed by atoms with Crippen LogP contribution in [0.5, 0.6) is 11.5 Å². The van der Waals surface area contributed by atoms with Gasteiger partial charge in [-0.25, -0.2) is 0 Å². The minimum Gasteiger partial charge on any atom is -0.497 e. The van der Waals surface area contributed by atoms with Crippen molar-refractivity contribution in [1.29, 1.82) is 0 Å². The van der Waals surface area contributed by atoms with Gasteiger partial charge in [0.2, 0.25) is 5.91 Å². The average molecular weight is 319 g/mol. The smallest absolute Gasteiger partial charge is 0.222 e. The van der Waals surface area contributed by atoms with Gasteiger partial charge in [-0.2, -0.15) is 0 Å². The standard InChI is InChI=1S/C19H29NO3/c1-20(16-8-6-4-5-7-9-16)19(21)11-10-15-12-17(22-2)14-18(13-15)23-3/h12-14,16H,4-11H2,1-3H3. The number of rotatable bonds is 6. The second-order valence-electron chi connectivity index (χ2n) is 6.37. The van der Waals surface area contributed by atoms with E-state index in [0.717, 1.165) is 29.9 Å². The number of methoxy groups -OCH3 is 2. The van der Waals surface area contributed by atoms with Crippen LogP contribution in [0.25, 0.3) is 0 Å². The topological polar surface area (TPSA) is 38.8 Å². The van der Waals surface area contributed by atoms with Crippen LogP contribution >= 0.6 is 0 Å². The van der Waals surface area contributed by atoms with Crippen molar-refractivity contribution in [2.45, 2.75) is 57.4 Å². The molecule has 4 heteroatoms. The molecule has 23 heavy (non-hydrogen) atoms. The predicted molar refractivity (Wildman–Crippen MR) is 92.1 cm³/mol. The number of hydrogen-bond acceptors (Lipinski definition) is 3. The maximum absolute atomic E-state index is 12.5. The number of ether oxygens (including phenoxy) is 2. The molecule has 0 bridgehead atoms. The molecule has 0 saturated heterocycles. The zero-order valence-electron chi connectivity index (χ0n) is 14.6. The molecule has 1 aliphatic carbocycles. The Bertz CT molecular complexity index is 485. The molecule has 0 spiro atoms. The van der Waals surface area contributed by atoms with Gasteiger partial charge in [-0.3, -0.25) is 4.79 Å². The summed E-state index contributed by atoms with van der Waals surface area (Å²) in [6.07, 6.45) is 8.65. The lowest BCUT2D eigenvalue weighted by Gasteiger charge is -2.27. The Kier molecular flexibility index (Phi) is 6.75. The van der Waals surface area contributed by atoms with Crippen LogP contribution in [0.2, 0.25) is 0 Å². The molecule has 0 N–H and O–H groups in total.